The standard InChI is InChI=1S/C4H6O2.CH2O2/c1-2-3-4(5)6;2-1-3/h2-3H,1H3,(H,5,6);1H,(H,2,3). The van der Waals surface area contributed by atoms with Gasteiger partial charge in [0.2, 0.25) is 0 Å². The van der Waals surface area contributed by atoms with E-state index in [-0.39, 0.29) is 6.47 Å². The van der Waals surface area contributed by atoms with E-state index in [1.54, 1.807) is 6.92 Å². The molecule has 0 amide bonds. The number of hydrogen-bond donors (Lipinski definition) is 2. The van der Waals surface area contributed by atoms with Gasteiger partial charge in [0.1, 0.15) is 0 Å². The van der Waals surface area contributed by atoms with E-state index in [2.05, 4.69) is 0 Å². The second-order valence-corrected chi connectivity index (χ2v) is 0.944. The zero-order valence-electron chi connectivity index (χ0n) is 4.94. The first-order chi connectivity index (χ1) is 4.18. The highest BCUT2D eigenvalue weighted by Gasteiger charge is 1.76. The van der Waals surface area contributed by atoms with Crippen LogP contribution in [0, 0.1) is 0 Å². The van der Waals surface area contributed by atoms with Gasteiger partial charge in [0.05, 0.1) is 0 Å². The highest BCUT2D eigenvalue weighted by atomic mass is 16.4. The summed E-state index contributed by atoms with van der Waals surface area (Å²) >= 11 is 0. The van der Waals surface area contributed by atoms with Crippen molar-refractivity contribution in [3.63, 3.8) is 0 Å². The monoisotopic (exact) mass is 132 g/mol. The van der Waals surface area contributed by atoms with E-state index in [9.17, 15) is 4.79 Å². The number of hydrogen-bond acceptors (Lipinski definition) is 2. The van der Waals surface area contributed by atoms with Gasteiger partial charge in [-0.2, -0.15) is 0 Å². The summed E-state index contributed by atoms with van der Waals surface area (Å²) < 4.78 is 0. The van der Waals surface area contributed by atoms with Crippen molar-refractivity contribution in [1.82, 2.24) is 0 Å². The van der Waals surface area contributed by atoms with E-state index in [0.717, 1.165) is 6.08 Å². The van der Waals surface area contributed by atoms with Crippen LogP contribution >= 0.6 is 0 Å². The van der Waals surface area contributed by atoms with E-state index >= 15 is 0 Å². The molecule has 0 saturated carbocycles. The van der Waals surface area contributed by atoms with E-state index in [0.29, 0.717) is 0 Å². The van der Waals surface area contributed by atoms with Gasteiger partial charge in [-0.1, -0.05) is 6.08 Å². The van der Waals surface area contributed by atoms with Crippen LogP contribution in [0.15, 0.2) is 12.2 Å². The lowest BCUT2D eigenvalue weighted by Crippen LogP contribution is -1.83. The summed E-state index contributed by atoms with van der Waals surface area (Å²) in [7, 11) is 0. The first-order valence-corrected chi connectivity index (χ1v) is 2.12. The van der Waals surface area contributed by atoms with Crippen molar-refractivity contribution in [1.29, 1.82) is 0 Å². The highest BCUT2D eigenvalue weighted by Crippen LogP contribution is 1.65. The Bertz CT molecular complexity index is 106. The summed E-state index contributed by atoms with van der Waals surface area (Å²) in [4.78, 5) is 17.9. The molecule has 0 atom stereocenters. The number of carboxylic acids is 1. The van der Waals surface area contributed by atoms with Gasteiger partial charge < -0.3 is 10.2 Å². The summed E-state index contributed by atoms with van der Waals surface area (Å²) in [5.41, 5.74) is 0. The number of carbonyl (C=O) groups is 2. The summed E-state index contributed by atoms with van der Waals surface area (Å²) in [5.74, 6) is -0.891. The molecule has 0 aromatic heterocycles. The minimum absolute atomic E-state index is 0.250. The topological polar surface area (TPSA) is 74.6 Å². The zero-order valence-corrected chi connectivity index (χ0v) is 4.94. The zero-order chi connectivity index (χ0) is 7.70. The molecule has 0 aliphatic rings. The second kappa shape index (κ2) is 9.84. The molecular formula is C5H8O4. The van der Waals surface area contributed by atoms with Gasteiger partial charge in [-0.3, -0.25) is 4.79 Å². The van der Waals surface area contributed by atoms with Gasteiger partial charge in [-0.15, -0.1) is 0 Å². The maximum atomic E-state index is 9.51. The fourth-order valence-corrected chi connectivity index (χ4v) is 0.143. The van der Waals surface area contributed by atoms with Crippen LogP contribution in [-0.2, 0) is 9.59 Å². The molecule has 0 aromatic rings. The number of aliphatic carboxylic acids is 1. The average molecular weight is 132 g/mol. The van der Waals surface area contributed by atoms with Crippen molar-refractivity contribution in [3.8, 4) is 0 Å². The lowest BCUT2D eigenvalue weighted by molar-refractivity contribution is -0.131. The Morgan fingerprint density at radius 2 is 1.89 bits per heavy atom. The first kappa shape index (κ1) is 10.6. The SMILES string of the molecule is CC=CC(=O)O.O=CO. The van der Waals surface area contributed by atoms with E-state index < -0.39 is 5.97 Å². The van der Waals surface area contributed by atoms with Gasteiger partial charge in [-0.25, -0.2) is 4.79 Å². The van der Waals surface area contributed by atoms with Crippen molar-refractivity contribution in [3.05, 3.63) is 12.2 Å². The third kappa shape index (κ3) is 51.8. The van der Waals surface area contributed by atoms with Crippen LogP contribution in [0.3, 0.4) is 0 Å². The maximum Gasteiger partial charge on any atom is 0.327 e. The van der Waals surface area contributed by atoms with Crippen molar-refractivity contribution in [2.24, 2.45) is 0 Å². The summed E-state index contributed by atoms with van der Waals surface area (Å²) in [5, 5.41) is 14.7. The first-order valence-electron chi connectivity index (χ1n) is 2.12. The molecule has 0 aromatic carbocycles. The molecule has 0 rings (SSSR count). The predicted octanol–water partition coefficient (Wildman–Crippen LogP) is 0.348. The number of rotatable bonds is 1. The van der Waals surface area contributed by atoms with Gasteiger partial charge in [0.15, 0.2) is 0 Å². The molecule has 52 valence electrons. The Kier molecular flexibility index (Phi) is 11.6. The molecule has 0 radical (unpaired) electrons. The minimum Gasteiger partial charge on any atom is -0.483 e. The molecule has 9 heavy (non-hydrogen) atoms. The Morgan fingerprint density at radius 3 is 1.89 bits per heavy atom. The Morgan fingerprint density at radius 1 is 1.56 bits per heavy atom. The lowest BCUT2D eigenvalue weighted by atomic mass is 10.5. The highest BCUT2D eigenvalue weighted by molar-refractivity contribution is 5.79. The summed E-state index contributed by atoms with van der Waals surface area (Å²) in [6.45, 7) is 1.41. The Labute approximate surface area is 52.4 Å². The van der Waals surface area contributed by atoms with Crippen LogP contribution in [-0.4, -0.2) is 22.7 Å². The Hall–Kier alpha value is -1.32. The molecule has 0 aliphatic heterocycles. The largest absolute Gasteiger partial charge is 0.483 e. The maximum absolute atomic E-state index is 9.51. The van der Waals surface area contributed by atoms with Gasteiger partial charge in [-0.05, 0) is 6.92 Å². The summed E-state index contributed by atoms with van der Waals surface area (Å²) in [6.07, 6.45) is 2.56. The average Bonchev–Trinajstić information content (AvgIpc) is 1.67. The van der Waals surface area contributed by atoms with Crippen molar-refractivity contribution < 1.29 is 19.8 Å². The van der Waals surface area contributed by atoms with Crippen LogP contribution in [0.25, 0.3) is 0 Å². The third-order valence-corrected chi connectivity index (χ3v) is 0.309. The normalized spacial score (nSPS) is 7.67. The Balaban J connectivity index is 0. The molecule has 4 nitrogen and oxygen atoms in total. The van der Waals surface area contributed by atoms with Gasteiger partial charge in [0, 0.05) is 6.08 Å². The fraction of sp³-hybridized carbons (Fsp3) is 0.200. The van der Waals surface area contributed by atoms with Crippen LogP contribution in [0.1, 0.15) is 6.92 Å². The van der Waals surface area contributed by atoms with E-state index in [1.807, 2.05) is 0 Å². The number of allylic oxidation sites excluding steroid dienone is 1. The van der Waals surface area contributed by atoms with E-state index in [1.165, 1.54) is 6.08 Å². The molecule has 0 spiro atoms. The molecule has 2 N–H and O–H groups in total. The molecular weight excluding hydrogens is 124 g/mol. The molecule has 0 unspecified atom stereocenters. The fourth-order valence-electron chi connectivity index (χ4n) is 0.143. The molecule has 0 fully saturated rings. The molecule has 0 saturated heterocycles. The van der Waals surface area contributed by atoms with Crippen LogP contribution < -0.4 is 0 Å². The van der Waals surface area contributed by atoms with Crippen molar-refractivity contribution >= 4 is 12.4 Å². The van der Waals surface area contributed by atoms with Crippen molar-refractivity contribution in [2.45, 2.75) is 6.92 Å². The lowest BCUT2D eigenvalue weighted by Gasteiger charge is -1.68. The smallest absolute Gasteiger partial charge is 0.327 e. The third-order valence-electron chi connectivity index (χ3n) is 0.309. The second-order valence-electron chi connectivity index (χ2n) is 0.944. The molecule has 0 aliphatic carbocycles. The van der Waals surface area contributed by atoms with Gasteiger partial charge in [0.25, 0.3) is 6.47 Å². The quantitative estimate of drug-likeness (QED) is 0.398. The van der Waals surface area contributed by atoms with Crippen molar-refractivity contribution in [2.75, 3.05) is 0 Å². The van der Waals surface area contributed by atoms with E-state index in [4.69, 9.17) is 15.0 Å². The summed E-state index contributed by atoms with van der Waals surface area (Å²) in [6, 6.07) is 0. The van der Waals surface area contributed by atoms with Crippen LogP contribution in [0.5, 0.6) is 0 Å². The molecule has 0 heterocycles. The number of carboxylic acid groups (broad SMARTS) is 2. The molecule has 4 heteroatoms. The van der Waals surface area contributed by atoms with Crippen LogP contribution in [0.2, 0.25) is 0 Å². The van der Waals surface area contributed by atoms with Crippen LogP contribution in [0.4, 0.5) is 0 Å². The molecule has 0 bridgehead atoms. The minimum atomic E-state index is -0.891. The van der Waals surface area contributed by atoms with Gasteiger partial charge >= 0.3 is 5.97 Å². The predicted molar refractivity (Wildman–Crippen MR) is 31.1 cm³/mol.